The number of nitrogens with one attached hydrogen (secondary N) is 2. The van der Waals surface area contributed by atoms with Crippen LogP contribution in [0.2, 0.25) is 0 Å². The third-order valence-electron chi connectivity index (χ3n) is 6.96. The fraction of sp³-hybridized carbons (Fsp3) is 0.522. The Morgan fingerprint density at radius 3 is 2.60 bits per heavy atom. The van der Waals surface area contributed by atoms with E-state index < -0.39 is 33.5 Å². The highest BCUT2D eigenvalue weighted by Gasteiger charge is 2.48. The summed E-state index contributed by atoms with van der Waals surface area (Å²) < 4.78 is 34.3. The first-order valence-corrected chi connectivity index (χ1v) is 13.1. The van der Waals surface area contributed by atoms with Gasteiger partial charge in [0.05, 0.1) is 4.90 Å². The fourth-order valence-electron chi connectivity index (χ4n) is 4.62. The zero-order valence-electron chi connectivity index (χ0n) is 20.0. The van der Waals surface area contributed by atoms with E-state index in [4.69, 9.17) is 9.62 Å². The van der Waals surface area contributed by atoms with Crippen molar-refractivity contribution in [1.82, 2.24) is 20.0 Å². The van der Waals surface area contributed by atoms with E-state index in [1.165, 1.54) is 29.6 Å². The summed E-state index contributed by atoms with van der Waals surface area (Å²) in [5.74, 6) is -0.436. The summed E-state index contributed by atoms with van der Waals surface area (Å²) >= 11 is 0. The summed E-state index contributed by atoms with van der Waals surface area (Å²) in [7, 11) is -2.61. The smallest absolute Gasteiger partial charge is 0.327 e. The van der Waals surface area contributed by atoms with E-state index in [1.54, 1.807) is 19.9 Å². The first-order valence-electron chi connectivity index (χ1n) is 11.6. The minimum absolute atomic E-state index is 0.00623. The van der Waals surface area contributed by atoms with Crippen LogP contribution in [0.15, 0.2) is 27.5 Å². The second kappa shape index (κ2) is 9.25. The molecule has 0 spiro atoms. The molecule has 3 N–H and O–H groups in total. The summed E-state index contributed by atoms with van der Waals surface area (Å²) in [6.07, 6.45) is 3.89. The molecule has 11 nitrogen and oxygen atoms in total. The van der Waals surface area contributed by atoms with Gasteiger partial charge in [0.2, 0.25) is 10.0 Å². The van der Waals surface area contributed by atoms with Crippen LogP contribution in [-0.4, -0.2) is 66.4 Å². The molecule has 1 aliphatic carbocycles. The van der Waals surface area contributed by atoms with Gasteiger partial charge in [0, 0.05) is 37.0 Å². The van der Waals surface area contributed by atoms with Crippen molar-refractivity contribution in [3.05, 3.63) is 29.5 Å². The number of hydrogen-bond acceptors (Lipinski definition) is 7. The Labute approximate surface area is 203 Å². The van der Waals surface area contributed by atoms with Gasteiger partial charge >= 0.3 is 6.03 Å². The average molecular weight is 507 g/mol. The molecule has 1 fully saturated rings. The van der Waals surface area contributed by atoms with Crippen LogP contribution in [0.4, 0.5) is 4.79 Å². The molecule has 4 amide bonds. The number of rotatable bonds is 8. The Balaban J connectivity index is 1.48. The predicted octanol–water partition coefficient (Wildman–Crippen LogP) is 1.92. The molecule has 0 saturated carbocycles. The number of benzene rings is 1. The molecule has 1 saturated heterocycles. The summed E-state index contributed by atoms with van der Waals surface area (Å²) in [4.78, 5) is 39.5. The van der Waals surface area contributed by atoms with Gasteiger partial charge in [-0.15, -0.1) is 0 Å². The zero-order chi connectivity index (χ0) is 25.5. The van der Waals surface area contributed by atoms with Gasteiger partial charge in [-0.1, -0.05) is 0 Å². The van der Waals surface area contributed by atoms with Gasteiger partial charge < -0.3 is 9.32 Å². The summed E-state index contributed by atoms with van der Waals surface area (Å²) in [5, 5.41) is 10.0. The maximum Gasteiger partial charge on any atom is 0.327 e. The number of sulfonamides is 1. The van der Waals surface area contributed by atoms with E-state index in [0.717, 1.165) is 47.3 Å². The number of fused-ring (bicyclic) bond motifs is 3. The summed E-state index contributed by atoms with van der Waals surface area (Å²) in [6, 6.07) is 2.83. The van der Waals surface area contributed by atoms with Gasteiger partial charge in [0.25, 0.3) is 11.8 Å². The molecule has 0 radical (unpaired) electrons. The molecule has 12 heteroatoms. The van der Waals surface area contributed by atoms with Crippen molar-refractivity contribution in [3.63, 3.8) is 0 Å². The molecule has 1 atom stereocenters. The first kappa shape index (κ1) is 25.1. The number of imide groups is 1. The highest BCUT2D eigenvalue weighted by atomic mass is 32.2. The minimum atomic E-state index is -4.14. The highest BCUT2D eigenvalue weighted by molar-refractivity contribution is 7.89. The number of carbonyl (C=O) groups excluding carboxylic acids is 3. The molecular weight excluding hydrogens is 476 g/mol. The zero-order valence-corrected chi connectivity index (χ0v) is 20.8. The molecule has 2 aliphatic rings. The maximum absolute atomic E-state index is 13.1. The Kier molecular flexibility index (Phi) is 6.64. The van der Waals surface area contributed by atoms with Crippen LogP contribution >= 0.6 is 0 Å². The molecule has 1 aromatic heterocycles. The van der Waals surface area contributed by atoms with Crippen molar-refractivity contribution in [2.75, 3.05) is 13.6 Å². The third kappa shape index (κ3) is 4.53. The maximum atomic E-state index is 13.1. The van der Waals surface area contributed by atoms with Gasteiger partial charge in [0.1, 0.15) is 22.9 Å². The Morgan fingerprint density at radius 2 is 1.94 bits per heavy atom. The van der Waals surface area contributed by atoms with Crippen LogP contribution in [-0.2, 0) is 32.5 Å². The molecule has 2 aromatic rings. The van der Waals surface area contributed by atoms with Gasteiger partial charge in [-0.05, 0) is 58.1 Å². The monoisotopic (exact) mass is 506 g/mol. The second-order valence-electron chi connectivity index (χ2n) is 9.52. The van der Waals surface area contributed by atoms with E-state index in [9.17, 15) is 22.8 Å². The standard InChI is InChI=1S/C23H30N4O7S/c1-23(2)21(29)27(22(30)26(23)3)12-6-8-17(20(28)24-31)25-35(32,33)14-10-11-16-15-7-4-5-9-18(15)34-19(16)13-14/h10-11,13,17,25,31H,4-9,12H2,1-3H3,(H,24,28)/t17-/m1/s1. The van der Waals surface area contributed by atoms with Gasteiger partial charge in [0.15, 0.2) is 0 Å². The normalized spacial score (nSPS) is 18.7. The molecule has 1 aliphatic heterocycles. The molecule has 190 valence electrons. The number of urea groups is 1. The third-order valence-corrected chi connectivity index (χ3v) is 8.43. The van der Waals surface area contributed by atoms with Crippen LogP contribution in [0.25, 0.3) is 11.0 Å². The van der Waals surface area contributed by atoms with Crippen molar-refractivity contribution >= 4 is 38.8 Å². The van der Waals surface area contributed by atoms with Crippen LogP contribution in [0.3, 0.4) is 0 Å². The Bertz CT molecular complexity index is 1280. The minimum Gasteiger partial charge on any atom is -0.461 e. The van der Waals surface area contributed by atoms with Crippen LogP contribution in [0.1, 0.15) is 50.9 Å². The number of carbonyl (C=O) groups is 3. The quantitative estimate of drug-likeness (QED) is 0.281. The molecule has 0 unspecified atom stereocenters. The number of hydroxylamine groups is 1. The van der Waals surface area contributed by atoms with Crippen LogP contribution in [0, 0.1) is 0 Å². The van der Waals surface area contributed by atoms with Crippen molar-refractivity contribution in [3.8, 4) is 0 Å². The molecule has 0 bridgehead atoms. The molecular formula is C23H30N4O7S. The number of nitrogens with zero attached hydrogens (tertiary/aromatic N) is 2. The first-order chi connectivity index (χ1) is 16.5. The number of aryl methyl sites for hydroxylation is 2. The van der Waals surface area contributed by atoms with Crippen LogP contribution in [0.5, 0.6) is 0 Å². The molecule has 2 heterocycles. The summed E-state index contributed by atoms with van der Waals surface area (Å²) in [5.41, 5.74) is 2.08. The molecule has 4 rings (SSSR count). The van der Waals surface area contributed by atoms with Gasteiger partial charge in [-0.3, -0.25) is 19.7 Å². The number of furan rings is 1. The number of hydrogen-bond donors (Lipinski definition) is 3. The van der Waals surface area contributed by atoms with Crippen molar-refractivity contribution in [1.29, 1.82) is 0 Å². The van der Waals surface area contributed by atoms with Crippen molar-refractivity contribution < 1.29 is 32.4 Å². The van der Waals surface area contributed by atoms with Gasteiger partial charge in [-0.25, -0.2) is 18.7 Å². The lowest BCUT2D eigenvalue weighted by Crippen LogP contribution is -2.46. The lowest BCUT2D eigenvalue weighted by molar-refractivity contribution is -0.131. The highest BCUT2D eigenvalue weighted by Crippen LogP contribution is 2.33. The largest absolute Gasteiger partial charge is 0.461 e. The van der Waals surface area contributed by atoms with Crippen molar-refractivity contribution in [2.24, 2.45) is 0 Å². The SMILES string of the molecule is CN1C(=O)N(CCC[C@@H](NS(=O)(=O)c2ccc3c4c(oc3c2)CCCC4)C(=O)NO)C(=O)C1(C)C. The lowest BCUT2D eigenvalue weighted by atomic mass is 9.96. The Hall–Kier alpha value is -2.96. The molecule has 1 aromatic carbocycles. The predicted molar refractivity (Wildman–Crippen MR) is 125 cm³/mol. The summed E-state index contributed by atoms with van der Waals surface area (Å²) in [6.45, 7) is 3.28. The average Bonchev–Trinajstić information content (AvgIpc) is 3.27. The van der Waals surface area contributed by atoms with E-state index in [2.05, 4.69) is 4.72 Å². The van der Waals surface area contributed by atoms with E-state index >= 15 is 0 Å². The molecule has 35 heavy (non-hydrogen) atoms. The lowest BCUT2D eigenvalue weighted by Gasteiger charge is -2.22. The number of likely N-dealkylation sites (N-methyl/N-ethyl adjacent to an activating group) is 1. The van der Waals surface area contributed by atoms with E-state index in [1.807, 2.05) is 0 Å². The van der Waals surface area contributed by atoms with E-state index in [-0.39, 0.29) is 30.2 Å². The second-order valence-corrected chi connectivity index (χ2v) is 11.2. The number of amides is 4. The Morgan fingerprint density at radius 1 is 1.23 bits per heavy atom. The topological polar surface area (TPSA) is 149 Å². The van der Waals surface area contributed by atoms with Gasteiger partial charge in [-0.2, -0.15) is 4.72 Å². The van der Waals surface area contributed by atoms with E-state index in [0.29, 0.717) is 5.58 Å². The van der Waals surface area contributed by atoms with Crippen LogP contribution < -0.4 is 10.2 Å². The fourth-order valence-corrected chi connectivity index (χ4v) is 5.86. The van der Waals surface area contributed by atoms with Crippen molar-refractivity contribution in [2.45, 2.75) is 68.8 Å².